The van der Waals surface area contributed by atoms with E-state index in [0.29, 0.717) is 29.1 Å². The van der Waals surface area contributed by atoms with Gasteiger partial charge in [-0.25, -0.2) is 9.79 Å². The van der Waals surface area contributed by atoms with Gasteiger partial charge in [0, 0.05) is 37.3 Å². The number of hydrogen-bond acceptors (Lipinski definition) is 3. The second-order valence-electron chi connectivity index (χ2n) is 8.91. The van der Waals surface area contributed by atoms with Crippen LogP contribution in [0.15, 0.2) is 53.5 Å². The second kappa shape index (κ2) is 11.8. The van der Waals surface area contributed by atoms with Crippen LogP contribution in [0.5, 0.6) is 0 Å². The molecule has 0 aromatic heterocycles. The number of benzene rings is 2. The van der Waals surface area contributed by atoms with Gasteiger partial charge in [-0.1, -0.05) is 35.9 Å². The molecule has 7 nitrogen and oxygen atoms in total. The van der Waals surface area contributed by atoms with E-state index in [2.05, 4.69) is 4.99 Å². The van der Waals surface area contributed by atoms with Crippen LogP contribution in [0.2, 0.25) is 5.02 Å². The molecule has 3 rings (SSSR count). The molecule has 0 radical (unpaired) electrons. The van der Waals surface area contributed by atoms with E-state index in [9.17, 15) is 32.7 Å². The van der Waals surface area contributed by atoms with Crippen molar-refractivity contribution in [3.05, 3.63) is 70.2 Å². The van der Waals surface area contributed by atoms with Crippen molar-refractivity contribution in [2.24, 2.45) is 10.9 Å². The molecule has 1 aliphatic heterocycles. The maximum Gasteiger partial charge on any atom is 0.416 e. The van der Waals surface area contributed by atoms with E-state index in [4.69, 9.17) is 11.6 Å². The predicted molar refractivity (Wildman–Crippen MR) is 133 cm³/mol. The summed E-state index contributed by atoms with van der Waals surface area (Å²) in [6.45, 7) is 1.96. The number of aliphatic carboxylic acids is 1. The third kappa shape index (κ3) is 7.09. The first-order chi connectivity index (χ1) is 17.4. The van der Waals surface area contributed by atoms with Gasteiger partial charge in [0.2, 0.25) is 5.91 Å². The molecule has 0 fully saturated rings. The summed E-state index contributed by atoms with van der Waals surface area (Å²) in [5.41, 5.74) is 0.649. The quantitative estimate of drug-likeness (QED) is 0.459. The summed E-state index contributed by atoms with van der Waals surface area (Å²) in [6, 6.07) is 10.0. The molecule has 2 unspecified atom stereocenters. The first kappa shape index (κ1) is 28.2. The van der Waals surface area contributed by atoms with Crippen LogP contribution < -0.4 is 0 Å². The Morgan fingerprint density at radius 2 is 1.84 bits per heavy atom. The number of carboxylic acids is 1. The third-order valence-electron chi connectivity index (χ3n) is 6.30. The molecule has 1 N–H and O–H groups in total. The minimum Gasteiger partial charge on any atom is -0.481 e. The zero-order valence-electron chi connectivity index (χ0n) is 20.3. The van der Waals surface area contributed by atoms with E-state index in [1.807, 2.05) is 0 Å². The lowest BCUT2D eigenvalue weighted by atomic mass is 9.87. The number of aliphatic imine (C=N–C) groups is 1. The lowest BCUT2D eigenvalue weighted by Gasteiger charge is -2.38. The number of urea groups is 1. The van der Waals surface area contributed by atoms with Gasteiger partial charge in [-0.05, 0) is 55.2 Å². The fourth-order valence-electron chi connectivity index (χ4n) is 4.33. The molecule has 3 amide bonds. The van der Waals surface area contributed by atoms with Gasteiger partial charge in [0.1, 0.15) is 5.92 Å². The molecule has 1 heterocycles. The summed E-state index contributed by atoms with van der Waals surface area (Å²) in [5, 5.41) is 10.3. The SMILES string of the molecule is CC1=NC(=O)N(CCCN(C)C(=O)CCc2ccc(C(F)(F)F)cc2)C(c2cccc(Cl)c2)C1C(=O)O. The molecule has 37 heavy (non-hydrogen) atoms. The van der Waals surface area contributed by atoms with Gasteiger partial charge in [0.15, 0.2) is 0 Å². The monoisotopic (exact) mass is 537 g/mol. The van der Waals surface area contributed by atoms with Crippen molar-refractivity contribution in [1.29, 1.82) is 0 Å². The van der Waals surface area contributed by atoms with Crippen LogP contribution in [0.4, 0.5) is 18.0 Å². The van der Waals surface area contributed by atoms with Crippen LogP contribution in [0, 0.1) is 5.92 Å². The van der Waals surface area contributed by atoms with E-state index in [1.54, 1.807) is 31.3 Å². The molecule has 1 aliphatic rings. The number of aryl methyl sites for hydroxylation is 1. The molecule has 198 valence electrons. The van der Waals surface area contributed by atoms with Crippen LogP contribution in [0.3, 0.4) is 0 Å². The van der Waals surface area contributed by atoms with Gasteiger partial charge < -0.3 is 14.9 Å². The number of hydrogen-bond donors (Lipinski definition) is 1. The van der Waals surface area contributed by atoms with Crippen LogP contribution in [0.25, 0.3) is 0 Å². The Kier molecular flexibility index (Phi) is 8.96. The number of halogens is 4. The smallest absolute Gasteiger partial charge is 0.416 e. The van der Waals surface area contributed by atoms with Gasteiger partial charge >= 0.3 is 18.2 Å². The normalized spacial score (nSPS) is 17.9. The van der Waals surface area contributed by atoms with Gasteiger partial charge in [0.25, 0.3) is 0 Å². The first-order valence-corrected chi connectivity index (χ1v) is 12.0. The predicted octanol–water partition coefficient (Wildman–Crippen LogP) is 5.48. The molecule has 0 aliphatic carbocycles. The summed E-state index contributed by atoms with van der Waals surface area (Å²) in [5.74, 6) is -2.35. The molecular formula is C26H27ClF3N3O4. The number of rotatable bonds is 9. The number of carbonyl (C=O) groups excluding carboxylic acids is 2. The highest BCUT2D eigenvalue weighted by atomic mass is 35.5. The molecule has 2 atom stereocenters. The number of amides is 3. The molecule has 0 spiro atoms. The van der Waals surface area contributed by atoms with E-state index >= 15 is 0 Å². The molecule has 0 saturated heterocycles. The van der Waals surface area contributed by atoms with Crippen molar-refractivity contribution in [3.8, 4) is 0 Å². The number of carboxylic acid groups (broad SMARTS) is 1. The number of alkyl halides is 3. The van der Waals surface area contributed by atoms with Crippen molar-refractivity contribution in [2.45, 2.75) is 38.4 Å². The lowest BCUT2D eigenvalue weighted by Crippen LogP contribution is -2.47. The van der Waals surface area contributed by atoms with Crippen LogP contribution in [0.1, 0.15) is 42.5 Å². The van der Waals surface area contributed by atoms with E-state index < -0.39 is 35.7 Å². The molecule has 11 heteroatoms. The van der Waals surface area contributed by atoms with Crippen LogP contribution >= 0.6 is 11.6 Å². The Hall–Kier alpha value is -3.40. The van der Waals surface area contributed by atoms with Crippen molar-refractivity contribution in [1.82, 2.24) is 9.80 Å². The fraction of sp³-hybridized carbons (Fsp3) is 0.385. The van der Waals surface area contributed by atoms with Gasteiger partial charge in [-0.2, -0.15) is 13.2 Å². The Labute approximate surface area is 217 Å². The average Bonchev–Trinajstić information content (AvgIpc) is 2.82. The van der Waals surface area contributed by atoms with Crippen LogP contribution in [-0.4, -0.2) is 58.7 Å². The van der Waals surface area contributed by atoms with Crippen LogP contribution in [-0.2, 0) is 22.2 Å². The zero-order valence-corrected chi connectivity index (χ0v) is 21.1. The highest BCUT2D eigenvalue weighted by molar-refractivity contribution is 6.30. The third-order valence-corrected chi connectivity index (χ3v) is 6.54. The summed E-state index contributed by atoms with van der Waals surface area (Å²) in [4.78, 5) is 44.1. The summed E-state index contributed by atoms with van der Waals surface area (Å²) in [7, 11) is 1.60. The second-order valence-corrected chi connectivity index (χ2v) is 9.34. The van der Waals surface area contributed by atoms with Gasteiger partial charge in [-0.15, -0.1) is 0 Å². The van der Waals surface area contributed by atoms with E-state index in [-0.39, 0.29) is 31.0 Å². The van der Waals surface area contributed by atoms with Gasteiger partial charge in [0.05, 0.1) is 11.6 Å². The van der Waals surface area contributed by atoms with E-state index in [0.717, 1.165) is 12.1 Å². The maximum absolute atomic E-state index is 12.8. The Morgan fingerprint density at radius 1 is 1.16 bits per heavy atom. The van der Waals surface area contributed by atoms with Crippen molar-refractivity contribution in [3.63, 3.8) is 0 Å². The average molecular weight is 538 g/mol. The Bertz CT molecular complexity index is 1180. The lowest BCUT2D eigenvalue weighted by molar-refractivity contribution is -0.141. The van der Waals surface area contributed by atoms with Crippen molar-refractivity contribution < 1.29 is 32.7 Å². The summed E-state index contributed by atoms with van der Waals surface area (Å²) in [6.07, 6.45) is -3.64. The molecule has 0 bridgehead atoms. The molecule has 2 aromatic rings. The molecule has 0 saturated carbocycles. The minimum atomic E-state index is -4.41. The molecule has 2 aromatic carbocycles. The van der Waals surface area contributed by atoms with E-state index in [1.165, 1.54) is 28.9 Å². The summed E-state index contributed by atoms with van der Waals surface area (Å²) < 4.78 is 38.1. The highest BCUT2D eigenvalue weighted by Crippen LogP contribution is 2.35. The Balaban J connectivity index is 1.61. The zero-order chi connectivity index (χ0) is 27.3. The number of nitrogens with zero attached hydrogens (tertiary/aromatic N) is 3. The highest BCUT2D eigenvalue weighted by Gasteiger charge is 2.42. The van der Waals surface area contributed by atoms with Crippen molar-refractivity contribution in [2.75, 3.05) is 20.1 Å². The molecular weight excluding hydrogens is 511 g/mol. The number of carbonyl (C=O) groups is 3. The first-order valence-electron chi connectivity index (χ1n) is 11.6. The standard InChI is InChI=1S/C26H27ClF3N3O4/c1-16-22(24(35)36)23(18-5-3-6-20(27)15-18)33(25(37)31-16)14-4-13-32(2)21(34)12-9-17-7-10-19(11-8-17)26(28,29)30/h3,5-8,10-11,15,22-23H,4,9,12-14H2,1-2H3,(H,35,36). The minimum absolute atomic E-state index is 0.111. The van der Waals surface area contributed by atoms with Gasteiger partial charge in [-0.3, -0.25) is 9.59 Å². The van der Waals surface area contributed by atoms with Crippen molar-refractivity contribution >= 4 is 35.2 Å². The summed E-state index contributed by atoms with van der Waals surface area (Å²) >= 11 is 6.12. The topological polar surface area (TPSA) is 90.3 Å². The maximum atomic E-state index is 12.8. The largest absolute Gasteiger partial charge is 0.481 e. The Morgan fingerprint density at radius 3 is 2.43 bits per heavy atom. The fourth-order valence-corrected chi connectivity index (χ4v) is 4.53.